The summed E-state index contributed by atoms with van der Waals surface area (Å²) in [6.45, 7) is 16.1. The Kier molecular flexibility index (Phi) is 7.05. The minimum atomic E-state index is 0.332. The molecule has 3 nitrogen and oxygen atoms in total. The predicted molar refractivity (Wildman–Crippen MR) is 205 cm³/mol. The van der Waals surface area contributed by atoms with Crippen molar-refractivity contribution < 1.29 is 10.4 Å². The van der Waals surface area contributed by atoms with Crippen LogP contribution in [0.25, 0.3) is 71.3 Å². The molecule has 8 aromatic rings. The lowest BCUT2D eigenvalue weighted by atomic mass is 9.87. The number of imidazole rings is 1. The van der Waals surface area contributed by atoms with Crippen molar-refractivity contribution in [2.75, 3.05) is 0 Å². The molecule has 4 heteroatoms. The van der Waals surface area contributed by atoms with Crippen molar-refractivity contribution in [2.24, 2.45) is 7.05 Å². The van der Waals surface area contributed by atoms with E-state index in [2.05, 4.69) is 137 Å². The van der Waals surface area contributed by atoms with Gasteiger partial charge in [-0.1, -0.05) is 108 Å². The van der Waals surface area contributed by atoms with Crippen LogP contribution in [0, 0.1) is 6.92 Å². The van der Waals surface area contributed by atoms with Crippen LogP contribution in [0.1, 0.15) is 82.9 Å². The highest BCUT2D eigenvalue weighted by Gasteiger charge is 2.34. The van der Waals surface area contributed by atoms with Crippen molar-refractivity contribution in [1.82, 2.24) is 4.57 Å². The topological polar surface area (TPSA) is 21.9 Å². The quantitative estimate of drug-likeness (QED) is 0.164. The molecule has 0 amide bonds. The molecule has 48 heavy (non-hydrogen) atoms. The van der Waals surface area contributed by atoms with Crippen LogP contribution in [-0.4, -0.2) is 4.57 Å². The second-order valence-corrected chi connectivity index (χ2v) is 15.0. The van der Waals surface area contributed by atoms with E-state index >= 15 is 0 Å². The summed E-state index contributed by atoms with van der Waals surface area (Å²) in [5.74, 6) is 2.21. The average Bonchev–Trinajstić information content (AvgIpc) is 3.72. The van der Waals surface area contributed by atoms with E-state index < -0.39 is 0 Å². The molecule has 3 aromatic heterocycles. The van der Waals surface area contributed by atoms with Gasteiger partial charge in [-0.15, -0.1) is 11.3 Å². The van der Waals surface area contributed by atoms with Gasteiger partial charge in [-0.2, -0.15) is 4.57 Å². The Labute approximate surface area is 288 Å². The molecular weight excluding hydrogens is 605 g/mol. The minimum absolute atomic E-state index is 0.332. The average molecular weight is 649 g/mol. The highest BCUT2D eigenvalue weighted by molar-refractivity contribution is 7.19. The van der Waals surface area contributed by atoms with Crippen LogP contribution in [0.2, 0.25) is 0 Å². The number of hydrogen-bond acceptors (Lipinski definition) is 2. The molecule has 240 valence electrons. The molecule has 5 aromatic carbocycles. The number of benzene rings is 5. The van der Waals surface area contributed by atoms with Crippen LogP contribution in [0.3, 0.4) is 0 Å². The summed E-state index contributed by atoms with van der Waals surface area (Å²) in [6, 6.07) is 32.7. The molecule has 0 fully saturated rings. The summed E-state index contributed by atoms with van der Waals surface area (Å²) >= 11 is 1.55. The fourth-order valence-corrected chi connectivity index (χ4v) is 8.58. The zero-order chi connectivity index (χ0) is 34.3. The van der Waals surface area contributed by atoms with Gasteiger partial charge in [0.1, 0.15) is 16.8 Å². The number of aryl methyl sites for hydroxylation is 2. The Bertz CT molecular complexity index is 2530. The second-order valence-electron chi connectivity index (χ2n) is 14.2. The Morgan fingerprint density at radius 1 is 0.771 bits per heavy atom. The maximum Gasteiger partial charge on any atom is 0.299 e. The van der Waals surface area contributed by atoms with E-state index in [9.17, 15) is 0 Å². The van der Waals surface area contributed by atoms with E-state index in [0.717, 1.165) is 60.1 Å². The van der Waals surface area contributed by atoms with Crippen LogP contribution in [0.4, 0.5) is 0 Å². The zero-order valence-electron chi connectivity index (χ0n) is 30.1. The standard InChI is InChI=1S/C44H43N2OS/c1-25(2)30-22-33(26(3)4)41(34(23-30)27(5)6)46-37-17-13-12-16-36(37)45(8)44(46)39-28(7)18-19-32-40-38(47-42(32)39)21-20-31-35(24-48-43(31)40)29-14-10-9-11-15-29/h9-27H,1-8H3/q+1/i24D. The number of aromatic nitrogens is 2. The first kappa shape index (κ1) is 29.5. The Morgan fingerprint density at radius 3 is 2.12 bits per heavy atom. The number of furan rings is 1. The van der Waals surface area contributed by atoms with Gasteiger partial charge >= 0.3 is 0 Å². The van der Waals surface area contributed by atoms with Crippen molar-refractivity contribution in [3.05, 3.63) is 119 Å². The SMILES string of the molecule is [2H]c1sc2c(ccc3oc4c(-c5n(-c6c(C(C)C)cc(C(C)C)cc6C(C)C)c6ccccc6[n+]5C)c(C)ccc4c32)c1-c1ccccc1. The maximum atomic E-state index is 9.03. The first-order valence-electron chi connectivity index (χ1n) is 17.7. The van der Waals surface area contributed by atoms with Crippen LogP contribution >= 0.6 is 11.3 Å². The lowest BCUT2D eigenvalue weighted by Crippen LogP contribution is -2.30. The Balaban J connectivity index is 1.50. The summed E-state index contributed by atoms with van der Waals surface area (Å²) in [7, 11) is 2.19. The lowest BCUT2D eigenvalue weighted by Gasteiger charge is -2.21. The summed E-state index contributed by atoms with van der Waals surface area (Å²) in [6.07, 6.45) is 0. The molecule has 0 atom stereocenters. The molecule has 8 rings (SSSR count). The highest BCUT2D eigenvalue weighted by Crippen LogP contribution is 2.46. The molecule has 0 bridgehead atoms. The fraction of sp³-hybridized carbons (Fsp3) is 0.250. The van der Waals surface area contributed by atoms with Crippen LogP contribution in [0.15, 0.2) is 101 Å². The normalized spacial score (nSPS) is 12.6. The van der Waals surface area contributed by atoms with E-state index in [0.29, 0.717) is 23.1 Å². The summed E-state index contributed by atoms with van der Waals surface area (Å²) < 4.78 is 22.0. The molecule has 0 aliphatic heterocycles. The molecule has 0 saturated carbocycles. The number of para-hydroxylation sites is 2. The van der Waals surface area contributed by atoms with E-state index in [1.54, 1.807) is 11.3 Å². The molecule has 0 N–H and O–H groups in total. The Morgan fingerprint density at radius 2 is 1.44 bits per heavy atom. The van der Waals surface area contributed by atoms with Crippen molar-refractivity contribution in [2.45, 2.75) is 66.2 Å². The molecule has 3 heterocycles. The smallest absolute Gasteiger partial charge is 0.299 e. The van der Waals surface area contributed by atoms with Gasteiger partial charge in [0.25, 0.3) is 5.82 Å². The fourth-order valence-electron chi connectivity index (χ4n) is 7.55. The van der Waals surface area contributed by atoms with Crippen LogP contribution in [-0.2, 0) is 7.05 Å². The number of rotatable bonds is 6. The first-order chi connectivity index (χ1) is 23.6. The van der Waals surface area contributed by atoms with Gasteiger partial charge in [-0.25, -0.2) is 4.57 Å². The van der Waals surface area contributed by atoms with E-state index in [1.807, 2.05) is 18.2 Å². The third-order valence-electron chi connectivity index (χ3n) is 10.1. The third kappa shape index (κ3) is 4.57. The highest BCUT2D eigenvalue weighted by atomic mass is 32.1. The summed E-state index contributed by atoms with van der Waals surface area (Å²) in [4.78, 5) is 0. The molecule has 0 aliphatic carbocycles. The number of thiophene rings is 1. The molecule has 0 unspecified atom stereocenters. The Hall–Kier alpha value is -4.67. The van der Waals surface area contributed by atoms with Crippen LogP contribution in [0.5, 0.6) is 0 Å². The van der Waals surface area contributed by atoms with Crippen LogP contribution < -0.4 is 4.57 Å². The van der Waals surface area contributed by atoms with Crippen molar-refractivity contribution in [1.29, 1.82) is 0 Å². The zero-order valence-corrected chi connectivity index (χ0v) is 29.9. The van der Waals surface area contributed by atoms with E-state index in [1.165, 1.54) is 33.4 Å². The van der Waals surface area contributed by atoms with Crippen molar-refractivity contribution >= 4 is 54.4 Å². The van der Waals surface area contributed by atoms with Gasteiger partial charge in [0.05, 0.1) is 8.42 Å². The largest absolute Gasteiger partial charge is 0.455 e. The van der Waals surface area contributed by atoms with Crippen molar-refractivity contribution in [3.63, 3.8) is 0 Å². The van der Waals surface area contributed by atoms with Gasteiger partial charge in [-0.3, -0.25) is 0 Å². The number of hydrogen-bond donors (Lipinski definition) is 0. The molecule has 0 saturated heterocycles. The second kappa shape index (κ2) is 11.5. The molecular formula is C44H43N2OS+. The maximum absolute atomic E-state index is 9.03. The van der Waals surface area contributed by atoms with Gasteiger partial charge in [-0.05, 0) is 71.0 Å². The molecule has 0 spiro atoms. The number of nitrogens with zero attached hydrogens (tertiary/aromatic N) is 2. The van der Waals surface area contributed by atoms with Gasteiger partial charge < -0.3 is 4.42 Å². The minimum Gasteiger partial charge on any atom is -0.455 e. The van der Waals surface area contributed by atoms with E-state index in [-0.39, 0.29) is 0 Å². The molecule has 0 radical (unpaired) electrons. The monoisotopic (exact) mass is 648 g/mol. The van der Waals surface area contributed by atoms with Gasteiger partial charge in [0.15, 0.2) is 16.6 Å². The summed E-state index contributed by atoms with van der Waals surface area (Å²) in [5.41, 5.74) is 13.8. The predicted octanol–water partition coefficient (Wildman–Crippen LogP) is 12.6. The lowest BCUT2D eigenvalue weighted by molar-refractivity contribution is -0.633. The van der Waals surface area contributed by atoms with Gasteiger partial charge in [0.2, 0.25) is 0 Å². The van der Waals surface area contributed by atoms with Crippen molar-refractivity contribution in [3.8, 4) is 28.2 Å². The third-order valence-corrected chi connectivity index (χ3v) is 11.1. The number of fused-ring (bicyclic) bond motifs is 6. The molecule has 0 aliphatic rings. The van der Waals surface area contributed by atoms with E-state index in [4.69, 9.17) is 5.79 Å². The summed E-state index contributed by atoms with van der Waals surface area (Å²) in [5, 5.41) is 3.86. The van der Waals surface area contributed by atoms with Gasteiger partial charge in [0, 0.05) is 37.5 Å². The first-order valence-corrected chi connectivity index (χ1v) is 18.0.